The van der Waals surface area contributed by atoms with Crippen LogP contribution in [0, 0.1) is 5.82 Å². The van der Waals surface area contributed by atoms with Crippen molar-refractivity contribution in [3.8, 4) is 0 Å². The van der Waals surface area contributed by atoms with Crippen LogP contribution in [0.2, 0.25) is 0 Å². The van der Waals surface area contributed by atoms with Crippen LogP contribution in [0.25, 0.3) is 0 Å². The van der Waals surface area contributed by atoms with Crippen molar-refractivity contribution in [3.63, 3.8) is 0 Å². The number of benzene rings is 1. The maximum Gasteiger partial charge on any atom is 0.389 e. The van der Waals surface area contributed by atoms with Gasteiger partial charge in [0.25, 0.3) is 0 Å². The van der Waals surface area contributed by atoms with E-state index in [1.807, 2.05) is 0 Å². The van der Waals surface area contributed by atoms with Gasteiger partial charge in [-0.25, -0.2) is 18.3 Å². The summed E-state index contributed by atoms with van der Waals surface area (Å²) >= 11 is 0.618. The number of anilines is 1. The summed E-state index contributed by atoms with van der Waals surface area (Å²) in [6.45, 7) is 0. The first kappa shape index (κ1) is 13.6. The molecule has 0 N–H and O–H groups in total. The van der Waals surface area contributed by atoms with Crippen LogP contribution in [0.5, 0.6) is 0 Å². The van der Waals surface area contributed by atoms with Crippen molar-refractivity contribution in [1.29, 1.82) is 0 Å². The molecule has 19 heavy (non-hydrogen) atoms. The fraction of sp³-hybridized carbons (Fsp3) is 0.200. The van der Waals surface area contributed by atoms with Gasteiger partial charge in [-0.15, -0.1) is 9.53 Å². The summed E-state index contributed by atoms with van der Waals surface area (Å²) in [7, 11) is 2.40. The Bertz CT molecular complexity index is 515. The molecule has 9 heteroatoms. The number of para-hydroxylation sites is 1. The zero-order valence-electron chi connectivity index (χ0n) is 10.1. The molecule has 1 aliphatic heterocycles. The maximum absolute atomic E-state index is 13.7. The van der Waals surface area contributed by atoms with Crippen LogP contribution in [0.4, 0.5) is 19.7 Å². The fourth-order valence-electron chi connectivity index (χ4n) is 1.41. The molecular weight excluding hydrogens is 277 g/mol. The minimum absolute atomic E-state index is 0.00546. The SMILES string of the molecule is CON1SN(c2ccccc2F)C(=O)N(OC)C1=O. The first-order valence-electron chi connectivity index (χ1n) is 5.09. The van der Waals surface area contributed by atoms with Crippen molar-refractivity contribution in [1.82, 2.24) is 9.53 Å². The van der Waals surface area contributed by atoms with Crippen LogP contribution in [0.15, 0.2) is 24.3 Å². The highest BCUT2D eigenvalue weighted by Gasteiger charge is 2.41. The number of carbonyl (C=O) groups excluding carboxylic acids is 2. The molecule has 0 atom stereocenters. The van der Waals surface area contributed by atoms with E-state index < -0.39 is 17.9 Å². The van der Waals surface area contributed by atoms with Gasteiger partial charge in [-0.2, -0.15) is 0 Å². The highest BCUT2D eigenvalue weighted by Crippen LogP contribution is 2.33. The summed E-state index contributed by atoms with van der Waals surface area (Å²) in [5, 5.41) is 0.465. The Hall–Kier alpha value is -1.84. The fourth-order valence-corrected chi connectivity index (χ4v) is 2.15. The van der Waals surface area contributed by atoms with Crippen LogP contribution in [-0.2, 0) is 9.68 Å². The number of rotatable bonds is 3. The quantitative estimate of drug-likeness (QED) is 0.797. The van der Waals surface area contributed by atoms with E-state index in [1.54, 1.807) is 6.07 Å². The highest BCUT2D eigenvalue weighted by atomic mass is 32.2. The number of hydrogen-bond acceptors (Lipinski definition) is 5. The van der Waals surface area contributed by atoms with Gasteiger partial charge in [-0.1, -0.05) is 12.1 Å². The van der Waals surface area contributed by atoms with Crippen LogP contribution < -0.4 is 4.31 Å². The standard InChI is InChI=1S/C10H10FN3O4S/c1-17-12-9(15)13(19-14(18-2)10(12)16)8-6-4-3-5-7(8)11/h3-6H,1-2H3. The van der Waals surface area contributed by atoms with Gasteiger partial charge >= 0.3 is 12.1 Å². The topological polar surface area (TPSA) is 62.3 Å². The number of carbonyl (C=O) groups is 2. The van der Waals surface area contributed by atoms with Crippen LogP contribution in [0.3, 0.4) is 0 Å². The monoisotopic (exact) mass is 287 g/mol. The molecule has 7 nitrogen and oxygen atoms in total. The van der Waals surface area contributed by atoms with Gasteiger partial charge in [0.05, 0.1) is 19.9 Å². The molecule has 0 aromatic heterocycles. The predicted octanol–water partition coefficient (Wildman–Crippen LogP) is 2.18. The van der Waals surface area contributed by atoms with E-state index in [-0.39, 0.29) is 5.69 Å². The van der Waals surface area contributed by atoms with Crippen LogP contribution in [-0.4, -0.2) is 35.8 Å². The van der Waals surface area contributed by atoms with E-state index in [2.05, 4.69) is 4.84 Å². The Kier molecular flexibility index (Phi) is 3.88. The largest absolute Gasteiger partial charge is 0.389 e. The predicted molar refractivity (Wildman–Crippen MR) is 65.0 cm³/mol. The molecule has 2 rings (SSSR count). The minimum Gasteiger partial charge on any atom is -0.264 e. The van der Waals surface area contributed by atoms with E-state index in [0.29, 0.717) is 17.2 Å². The average Bonchev–Trinajstić information content (AvgIpc) is 2.41. The van der Waals surface area contributed by atoms with Crippen LogP contribution >= 0.6 is 12.1 Å². The lowest BCUT2D eigenvalue weighted by Crippen LogP contribution is -2.54. The van der Waals surface area contributed by atoms with E-state index in [1.165, 1.54) is 25.3 Å². The average molecular weight is 287 g/mol. The number of urea groups is 2. The molecular formula is C10H10FN3O4S. The molecule has 1 aromatic carbocycles. The molecule has 0 aliphatic carbocycles. The smallest absolute Gasteiger partial charge is 0.264 e. The molecule has 1 aliphatic rings. The zero-order chi connectivity index (χ0) is 14.0. The third-order valence-corrected chi connectivity index (χ3v) is 3.22. The molecule has 1 saturated heterocycles. The van der Waals surface area contributed by atoms with E-state index in [4.69, 9.17) is 4.84 Å². The van der Waals surface area contributed by atoms with Crippen molar-refractivity contribution < 1.29 is 23.7 Å². The molecule has 0 bridgehead atoms. The second kappa shape index (κ2) is 5.43. The second-order valence-corrected chi connectivity index (χ2v) is 4.17. The highest BCUT2D eigenvalue weighted by molar-refractivity contribution is 7.99. The lowest BCUT2D eigenvalue weighted by atomic mass is 10.3. The number of nitrogens with zero attached hydrogens (tertiary/aromatic N) is 3. The molecule has 102 valence electrons. The number of amides is 4. The zero-order valence-corrected chi connectivity index (χ0v) is 10.9. The van der Waals surface area contributed by atoms with E-state index in [9.17, 15) is 14.0 Å². The Morgan fingerprint density at radius 3 is 2.37 bits per heavy atom. The minimum atomic E-state index is -0.823. The van der Waals surface area contributed by atoms with Gasteiger partial charge in [0.2, 0.25) is 0 Å². The Labute approximate surface area is 112 Å². The summed E-state index contributed by atoms with van der Waals surface area (Å²) in [6.07, 6.45) is 0. The summed E-state index contributed by atoms with van der Waals surface area (Å²) in [5.41, 5.74) is -0.00546. The van der Waals surface area contributed by atoms with Crippen molar-refractivity contribution in [2.24, 2.45) is 0 Å². The Morgan fingerprint density at radius 2 is 1.79 bits per heavy atom. The number of imide groups is 1. The molecule has 4 amide bonds. The third-order valence-electron chi connectivity index (χ3n) is 2.25. The Balaban J connectivity index is 2.38. The van der Waals surface area contributed by atoms with Gasteiger partial charge in [0, 0.05) is 0 Å². The lowest BCUT2D eigenvalue weighted by Gasteiger charge is -2.35. The Morgan fingerprint density at radius 1 is 1.11 bits per heavy atom. The third kappa shape index (κ3) is 2.35. The second-order valence-electron chi connectivity index (χ2n) is 3.31. The van der Waals surface area contributed by atoms with Crippen molar-refractivity contribution >= 4 is 29.9 Å². The van der Waals surface area contributed by atoms with Gasteiger partial charge in [-0.05, 0) is 12.1 Å². The number of halogens is 1. The lowest BCUT2D eigenvalue weighted by molar-refractivity contribution is -0.0916. The number of hydroxylamine groups is 3. The maximum atomic E-state index is 13.7. The molecule has 0 spiro atoms. The molecule has 1 heterocycles. The van der Waals surface area contributed by atoms with Crippen molar-refractivity contribution in [2.45, 2.75) is 0 Å². The van der Waals surface area contributed by atoms with Gasteiger partial charge < -0.3 is 0 Å². The van der Waals surface area contributed by atoms with E-state index in [0.717, 1.165) is 15.9 Å². The first-order chi connectivity index (χ1) is 9.10. The summed E-state index contributed by atoms with van der Waals surface area (Å²) in [6, 6.07) is 4.02. The van der Waals surface area contributed by atoms with Crippen LogP contribution in [0.1, 0.15) is 0 Å². The summed E-state index contributed by atoms with van der Waals surface area (Å²) in [5.74, 6) is -0.607. The molecule has 0 unspecified atom stereocenters. The molecule has 1 fully saturated rings. The number of hydrogen-bond donors (Lipinski definition) is 0. The van der Waals surface area contributed by atoms with Gasteiger partial charge in [0.15, 0.2) is 0 Å². The normalized spacial score (nSPS) is 16.3. The summed E-state index contributed by atoms with van der Waals surface area (Å²) < 4.78 is 15.4. The van der Waals surface area contributed by atoms with Gasteiger partial charge in [-0.3, -0.25) is 9.68 Å². The van der Waals surface area contributed by atoms with Crippen molar-refractivity contribution in [3.05, 3.63) is 30.1 Å². The first-order valence-corrected chi connectivity index (χ1v) is 5.82. The molecule has 0 saturated carbocycles. The molecule has 0 radical (unpaired) electrons. The summed E-state index contributed by atoms with van der Waals surface area (Å²) in [4.78, 5) is 33.2. The molecule has 1 aromatic rings. The van der Waals surface area contributed by atoms with Gasteiger partial charge in [0.1, 0.15) is 18.0 Å². The van der Waals surface area contributed by atoms with Crippen molar-refractivity contribution in [2.75, 3.05) is 18.5 Å². The van der Waals surface area contributed by atoms with E-state index >= 15 is 0 Å².